The van der Waals surface area contributed by atoms with Gasteiger partial charge in [0.25, 0.3) is 5.66 Å². The van der Waals surface area contributed by atoms with Gasteiger partial charge in [0.05, 0.1) is 0 Å². The molecule has 0 spiro atoms. The molecule has 0 atom stereocenters. The maximum Gasteiger partial charge on any atom is 0.253 e. The Kier molecular flexibility index (Phi) is 5.27. The third-order valence-corrected chi connectivity index (χ3v) is 3.84. The minimum Gasteiger partial charge on any atom is -0.345 e. The van der Waals surface area contributed by atoms with E-state index in [9.17, 15) is 4.79 Å². The molecule has 0 aliphatic carbocycles. The number of aromatic amines is 1. The molecule has 119 valence electrons. The molecule has 1 N–H and O–H groups in total. The third-order valence-electron chi connectivity index (χ3n) is 3.84. The first-order chi connectivity index (χ1) is 10.5. The van der Waals surface area contributed by atoms with E-state index < -0.39 is 5.66 Å². The summed E-state index contributed by atoms with van der Waals surface area (Å²) in [5.74, 6) is 1.11. The molecule has 5 nitrogen and oxygen atoms in total. The second kappa shape index (κ2) is 6.99. The first-order valence-corrected chi connectivity index (χ1v) is 8.06. The molecule has 2 rings (SSSR count). The lowest BCUT2D eigenvalue weighted by Gasteiger charge is -2.21. The highest BCUT2D eigenvalue weighted by Crippen LogP contribution is 2.35. The predicted molar refractivity (Wildman–Crippen MR) is 89.5 cm³/mol. The van der Waals surface area contributed by atoms with Gasteiger partial charge in [0, 0.05) is 31.0 Å². The van der Waals surface area contributed by atoms with E-state index in [2.05, 4.69) is 42.7 Å². The molecule has 0 aromatic carbocycles. The van der Waals surface area contributed by atoms with Crippen molar-refractivity contribution >= 4 is 18.2 Å². The number of carbonyl (C=O) groups excluding carboxylic acids is 1. The molecule has 1 aliphatic heterocycles. The van der Waals surface area contributed by atoms with Gasteiger partial charge in [0.1, 0.15) is 11.5 Å². The number of unbranched alkanes of at least 4 members (excludes halogenated alkanes) is 1. The van der Waals surface area contributed by atoms with Crippen LogP contribution in [0.25, 0.3) is 0 Å². The van der Waals surface area contributed by atoms with Crippen molar-refractivity contribution in [3.05, 3.63) is 24.1 Å². The van der Waals surface area contributed by atoms with Crippen molar-refractivity contribution in [1.29, 1.82) is 0 Å². The molecule has 5 heteroatoms. The summed E-state index contributed by atoms with van der Waals surface area (Å²) in [6.45, 7) is 10.1. The smallest absolute Gasteiger partial charge is 0.253 e. The van der Waals surface area contributed by atoms with Crippen LogP contribution in [0, 0.1) is 6.92 Å². The van der Waals surface area contributed by atoms with Gasteiger partial charge in [-0.05, 0) is 18.8 Å². The lowest BCUT2D eigenvalue weighted by molar-refractivity contribution is -0.124. The van der Waals surface area contributed by atoms with Gasteiger partial charge in [0.2, 0.25) is 0 Å². The summed E-state index contributed by atoms with van der Waals surface area (Å²) < 4.78 is 0. The predicted octanol–water partition coefficient (Wildman–Crippen LogP) is 3.37. The van der Waals surface area contributed by atoms with Crippen LogP contribution in [-0.4, -0.2) is 28.2 Å². The third kappa shape index (κ3) is 3.03. The van der Waals surface area contributed by atoms with Crippen molar-refractivity contribution in [3.8, 4) is 0 Å². The Morgan fingerprint density at radius 1 is 1.36 bits per heavy atom. The number of hydrogen-bond acceptors (Lipinski definition) is 4. The zero-order chi connectivity index (χ0) is 16.2. The fourth-order valence-corrected chi connectivity index (χ4v) is 2.63. The van der Waals surface area contributed by atoms with E-state index in [-0.39, 0.29) is 11.7 Å². The van der Waals surface area contributed by atoms with Crippen LogP contribution in [0.15, 0.2) is 9.98 Å². The number of rotatable bonds is 8. The van der Waals surface area contributed by atoms with E-state index in [1.54, 1.807) is 12.4 Å². The van der Waals surface area contributed by atoms with Crippen molar-refractivity contribution in [2.24, 2.45) is 9.98 Å². The molecular weight excluding hydrogens is 276 g/mol. The Balaban J connectivity index is 2.47. The number of aryl methyl sites for hydroxylation is 1. The summed E-state index contributed by atoms with van der Waals surface area (Å²) in [5, 5.41) is 0. The second-order valence-corrected chi connectivity index (χ2v) is 5.96. The highest BCUT2D eigenvalue weighted by Gasteiger charge is 2.44. The van der Waals surface area contributed by atoms with Crippen molar-refractivity contribution in [1.82, 2.24) is 9.97 Å². The van der Waals surface area contributed by atoms with Gasteiger partial charge in [-0.3, -0.25) is 4.79 Å². The Labute approximate surface area is 132 Å². The molecule has 0 fully saturated rings. The number of carbonyl (C=O) groups is 1. The topological polar surface area (TPSA) is 70.5 Å². The van der Waals surface area contributed by atoms with Crippen molar-refractivity contribution in [3.63, 3.8) is 0 Å². The molecule has 22 heavy (non-hydrogen) atoms. The number of nitrogens with zero attached hydrogens (tertiary/aromatic N) is 3. The van der Waals surface area contributed by atoms with Crippen LogP contribution in [0.5, 0.6) is 0 Å². The molecular formula is C17H25N4O. The van der Waals surface area contributed by atoms with E-state index in [0.717, 1.165) is 30.8 Å². The van der Waals surface area contributed by atoms with Crippen LogP contribution in [0.1, 0.15) is 69.6 Å². The van der Waals surface area contributed by atoms with Crippen molar-refractivity contribution < 1.29 is 4.79 Å². The van der Waals surface area contributed by atoms with E-state index in [1.807, 2.05) is 0 Å². The zero-order valence-electron chi connectivity index (χ0n) is 13.7. The number of imidazole rings is 1. The van der Waals surface area contributed by atoms with Gasteiger partial charge >= 0.3 is 0 Å². The number of Topliss-reactive ketones (excluding diaryl/α,β-unsaturated/α-hetero) is 1. The van der Waals surface area contributed by atoms with Crippen LogP contribution in [-0.2, 0) is 16.9 Å². The molecule has 1 aromatic heterocycles. The second-order valence-electron chi connectivity index (χ2n) is 5.96. The molecule has 0 bridgehead atoms. The summed E-state index contributed by atoms with van der Waals surface area (Å²) in [6, 6.07) is 0. The molecule has 1 aromatic rings. The molecule has 1 aliphatic rings. The van der Waals surface area contributed by atoms with Crippen LogP contribution < -0.4 is 0 Å². The average Bonchev–Trinajstić information content (AvgIpc) is 3.12. The maximum absolute atomic E-state index is 12.6. The highest BCUT2D eigenvalue weighted by molar-refractivity contribution is 6.19. The quantitative estimate of drug-likeness (QED) is 0.799. The summed E-state index contributed by atoms with van der Waals surface area (Å²) in [7, 11) is 0. The van der Waals surface area contributed by atoms with Gasteiger partial charge in [-0.1, -0.05) is 34.1 Å². The lowest BCUT2D eigenvalue weighted by Crippen LogP contribution is -2.32. The lowest BCUT2D eigenvalue weighted by atomic mass is 9.94. The van der Waals surface area contributed by atoms with Gasteiger partial charge in [0.15, 0.2) is 5.78 Å². The Morgan fingerprint density at radius 3 is 2.59 bits per heavy atom. The number of H-pyrrole nitrogens is 1. The maximum atomic E-state index is 12.6. The molecule has 0 unspecified atom stereocenters. The van der Waals surface area contributed by atoms with E-state index in [4.69, 9.17) is 4.98 Å². The Bertz CT molecular complexity index is 571. The molecule has 0 saturated carbocycles. The average molecular weight is 301 g/mol. The van der Waals surface area contributed by atoms with Gasteiger partial charge in [-0.25, -0.2) is 15.0 Å². The fraction of sp³-hybridized carbons (Fsp3) is 0.588. The Morgan fingerprint density at radius 2 is 2.05 bits per heavy atom. The first kappa shape index (κ1) is 16.6. The van der Waals surface area contributed by atoms with Crippen LogP contribution in [0.2, 0.25) is 0 Å². The minimum atomic E-state index is -1.20. The minimum absolute atomic E-state index is 0.0389. The summed E-state index contributed by atoms with van der Waals surface area (Å²) >= 11 is 0. The zero-order valence-corrected chi connectivity index (χ0v) is 13.7. The van der Waals surface area contributed by atoms with E-state index in [1.165, 1.54) is 0 Å². The molecule has 1 radical (unpaired) electrons. The van der Waals surface area contributed by atoms with Gasteiger partial charge < -0.3 is 4.98 Å². The largest absolute Gasteiger partial charge is 0.345 e. The van der Waals surface area contributed by atoms with E-state index in [0.29, 0.717) is 18.5 Å². The van der Waals surface area contributed by atoms with Crippen LogP contribution in [0.4, 0.5) is 0 Å². The number of ketones is 1. The van der Waals surface area contributed by atoms with Crippen LogP contribution in [0.3, 0.4) is 0 Å². The highest BCUT2D eigenvalue weighted by atomic mass is 16.1. The summed E-state index contributed by atoms with van der Waals surface area (Å²) in [4.78, 5) is 29.5. The normalized spacial score (nSPS) is 15.9. The SMILES string of the molecule is [CH2]CCC(=O)C1(c2nc(CCCC)[nH]c2C(C)C)N=CC=N1. The monoisotopic (exact) mass is 301 g/mol. The number of hydrogen-bond donors (Lipinski definition) is 1. The first-order valence-electron chi connectivity index (χ1n) is 8.06. The van der Waals surface area contributed by atoms with E-state index >= 15 is 0 Å². The molecule has 0 amide bonds. The number of nitrogens with one attached hydrogen (secondary N) is 1. The van der Waals surface area contributed by atoms with Gasteiger partial charge in [-0.2, -0.15) is 0 Å². The standard InChI is InChI=1S/C17H25N4O/c1-5-7-9-14-20-15(12(3)4)16(21-14)17(13(22)8-6-2)18-10-11-19-17/h10-12H,2,5-9H2,1,3-4H3,(H,20,21). The number of aliphatic imine (C=N–C) groups is 2. The van der Waals surface area contributed by atoms with Crippen molar-refractivity contribution in [2.75, 3.05) is 0 Å². The fourth-order valence-electron chi connectivity index (χ4n) is 2.63. The summed E-state index contributed by atoms with van der Waals surface area (Å²) in [6.07, 6.45) is 7.12. The van der Waals surface area contributed by atoms with Crippen LogP contribution >= 0.6 is 0 Å². The van der Waals surface area contributed by atoms with Crippen molar-refractivity contribution in [2.45, 2.75) is 64.5 Å². The molecule has 0 saturated heterocycles. The summed E-state index contributed by atoms with van der Waals surface area (Å²) in [5.41, 5.74) is 0.426. The van der Waals surface area contributed by atoms with Gasteiger partial charge in [-0.15, -0.1) is 0 Å². The molecule has 2 heterocycles. The Hall–Kier alpha value is -1.78. The number of aromatic nitrogens is 2.